The molecule has 1 aliphatic rings. The molecule has 1 saturated heterocycles. The van der Waals surface area contributed by atoms with Gasteiger partial charge in [-0.2, -0.15) is 5.10 Å². The van der Waals surface area contributed by atoms with Gasteiger partial charge in [-0.25, -0.2) is 0 Å². The van der Waals surface area contributed by atoms with Gasteiger partial charge in [0.2, 0.25) is 0 Å². The summed E-state index contributed by atoms with van der Waals surface area (Å²) in [6.45, 7) is 6.33. The van der Waals surface area contributed by atoms with Crippen LogP contribution in [0.3, 0.4) is 0 Å². The molecule has 0 aromatic carbocycles. The van der Waals surface area contributed by atoms with E-state index in [2.05, 4.69) is 23.8 Å². The van der Waals surface area contributed by atoms with Gasteiger partial charge in [0.05, 0.1) is 5.69 Å². The van der Waals surface area contributed by atoms with Crippen molar-refractivity contribution in [3.05, 3.63) is 17.0 Å². The van der Waals surface area contributed by atoms with Gasteiger partial charge in [0.1, 0.15) is 0 Å². The fourth-order valence-electron chi connectivity index (χ4n) is 3.28. The first-order chi connectivity index (χ1) is 9.50. The third-order valence-electron chi connectivity index (χ3n) is 4.35. The van der Waals surface area contributed by atoms with Gasteiger partial charge >= 0.3 is 5.97 Å². The normalized spacial score (nSPS) is 19.6. The molecule has 1 atom stereocenters. The molecule has 0 bridgehead atoms. The van der Waals surface area contributed by atoms with Crippen LogP contribution in [-0.4, -0.2) is 38.8 Å². The number of aliphatic carboxylic acids is 1. The maximum Gasteiger partial charge on any atom is 0.303 e. The maximum absolute atomic E-state index is 10.5. The van der Waals surface area contributed by atoms with E-state index >= 15 is 0 Å². The van der Waals surface area contributed by atoms with E-state index in [1.165, 1.54) is 24.1 Å². The van der Waals surface area contributed by atoms with Crippen LogP contribution in [0.1, 0.15) is 55.1 Å². The third kappa shape index (κ3) is 3.20. The van der Waals surface area contributed by atoms with E-state index in [1.807, 2.05) is 11.7 Å². The molecule has 0 aliphatic carbocycles. The van der Waals surface area contributed by atoms with E-state index in [0.717, 1.165) is 31.6 Å². The number of aryl methyl sites for hydroxylation is 2. The highest BCUT2D eigenvalue weighted by atomic mass is 16.4. The summed E-state index contributed by atoms with van der Waals surface area (Å²) in [5.41, 5.74) is 3.76. The lowest BCUT2D eigenvalue weighted by Gasteiger charge is -2.25. The van der Waals surface area contributed by atoms with Crippen molar-refractivity contribution >= 4 is 5.97 Å². The second-order valence-corrected chi connectivity index (χ2v) is 5.75. The topological polar surface area (TPSA) is 58.4 Å². The molecule has 0 amide bonds. The van der Waals surface area contributed by atoms with Crippen LogP contribution in [-0.2, 0) is 11.8 Å². The molecule has 1 N–H and O–H groups in total. The van der Waals surface area contributed by atoms with Crippen molar-refractivity contribution in [2.75, 3.05) is 13.1 Å². The fourth-order valence-corrected chi connectivity index (χ4v) is 3.28. The second-order valence-electron chi connectivity index (χ2n) is 5.75. The Morgan fingerprint density at radius 1 is 1.40 bits per heavy atom. The molecule has 0 radical (unpaired) electrons. The Balaban J connectivity index is 1.98. The predicted octanol–water partition coefficient (Wildman–Crippen LogP) is 2.43. The van der Waals surface area contributed by atoms with Crippen LogP contribution in [0.25, 0.3) is 0 Å². The van der Waals surface area contributed by atoms with Crippen LogP contribution >= 0.6 is 0 Å². The van der Waals surface area contributed by atoms with Gasteiger partial charge in [-0.1, -0.05) is 0 Å². The zero-order valence-electron chi connectivity index (χ0n) is 12.7. The van der Waals surface area contributed by atoms with Crippen molar-refractivity contribution < 1.29 is 9.90 Å². The number of carboxylic acids is 1. The van der Waals surface area contributed by atoms with E-state index in [-0.39, 0.29) is 6.42 Å². The lowest BCUT2D eigenvalue weighted by atomic mass is 10.0. The Kier molecular flexibility index (Phi) is 4.81. The largest absolute Gasteiger partial charge is 0.481 e. The van der Waals surface area contributed by atoms with Crippen molar-refractivity contribution in [3.8, 4) is 0 Å². The number of carboxylic acid groups (broad SMARTS) is 1. The van der Waals surface area contributed by atoms with Gasteiger partial charge < -0.3 is 5.11 Å². The Bertz CT molecular complexity index is 482. The lowest BCUT2D eigenvalue weighted by Crippen LogP contribution is -2.25. The van der Waals surface area contributed by atoms with Crippen molar-refractivity contribution in [3.63, 3.8) is 0 Å². The van der Waals surface area contributed by atoms with Crippen LogP contribution in [0.15, 0.2) is 0 Å². The van der Waals surface area contributed by atoms with E-state index in [0.29, 0.717) is 6.04 Å². The molecule has 1 fully saturated rings. The molecule has 0 saturated carbocycles. The highest BCUT2D eigenvalue weighted by molar-refractivity contribution is 5.66. The minimum Gasteiger partial charge on any atom is -0.481 e. The standard InChI is InChI=1S/C15H25N3O2/c1-11-15(12(2)17(3)16-11)13-7-6-10-18(13)9-5-4-8-14(19)20/h13H,4-10H2,1-3H3,(H,19,20). The highest BCUT2D eigenvalue weighted by Crippen LogP contribution is 2.35. The maximum atomic E-state index is 10.5. The fraction of sp³-hybridized carbons (Fsp3) is 0.733. The smallest absolute Gasteiger partial charge is 0.303 e. The zero-order valence-corrected chi connectivity index (χ0v) is 12.7. The van der Waals surface area contributed by atoms with Gasteiger partial charge in [-0.05, 0) is 52.6 Å². The number of rotatable bonds is 6. The molecule has 1 aromatic heterocycles. The molecule has 5 nitrogen and oxygen atoms in total. The van der Waals surface area contributed by atoms with Crippen LogP contribution in [0.4, 0.5) is 0 Å². The van der Waals surface area contributed by atoms with Gasteiger partial charge in [-0.3, -0.25) is 14.4 Å². The molecular formula is C15H25N3O2. The highest BCUT2D eigenvalue weighted by Gasteiger charge is 2.29. The quantitative estimate of drug-likeness (QED) is 0.813. The minimum absolute atomic E-state index is 0.281. The van der Waals surface area contributed by atoms with Crippen LogP contribution < -0.4 is 0 Å². The molecule has 1 aliphatic heterocycles. The first-order valence-corrected chi connectivity index (χ1v) is 7.46. The summed E-state index contributed by atoms with van der Waals surface area (Å²) in [4.78, 5) is 13.0. The second kappa shape index (κ2) is 6.39. The Hall–Kier alpha value is -1.36. The average Bonchev–Trinajstić information content (AvgIpc) is 2.91. The van der Waals surface area contributed by atoms with E-state index in [4.69, 9.17) is 5.11 Å². The van der Waals surface area contributed by atoms with Crippen molar-refractivity contribution in [2.45, 2.75) is 52.0 Å². The third-order valence-corrected chi connectivity index (χ3v) is 4.35. The van der Waals surface area contributed by atoms with Crippen LogP contribution in [0.2, 0.25) is 0 Å². The van der Waals surface area contributed by atoms with Crippen molar-refractivity contribution in [1.82, 2.24) is 14.7 Å². The first kappa shape index (κ1) is 15.0. The van der Waals surface area contributed by atoms with E-state index < -0.39 is 5.97 Å². The summed E-state index contributed by atoms with van der Waals surface area (Å²) in [5, 5.41) is 13.2. The molecular weight excluding hydrogens is 254 g/mol. The summed E-state index contributed by atoms with van der Waals surface area (Å²) in [6.07, 6.45) is 4.41. The number of likely N-dealkylation sites (tertiary alicyclic amines) is 1. The van der Waals surface area contributed by atoms with Gasteiger partial charge in [0.25, 0.3) is 0 Å². The van der Waals surface area contributed by atoms with Crippen molar-refractivity contribution in [1.29, 1.82) is 0 Å². The number of nitrogens with zero attached hydrogens (tertiary/aromatic N) is 3. The number of unbranched alkanes of at least 4 members (excludes halogenated alkanes) is 1. The molecule has 2 heterocycles. The minimum atomic E-state index is -0.693. The number of hydrogen-bond donors (Lipinski definition) is 1. The first-order valence-electron chi connectivity index (χ1n) is 7.46. The Morgan fingerprint density at radius 3 is 2.75 bits per heavy atom. The molecule has 2 rings (SSSR count). The molecule has 20 heavy (non-hydrogen) atoms. The summed E-state index contributed by atoms with van der Waals surface area (Å²) >= 11 is 0. The Morgan fingerprint density at radius 2 is 2.15 bits per heavy atom. The number of aromatic nitrogens is 2. The zero-order chi connectivity index (χ0) is 14.7. The Labute approximate surface area is 120 Å². The van der Waals surface area contributed by atoms with Gasteiger partial charge in [0, 0.05) is 30.8 Å². The lowest BCUT2D eigenvalue weighted by molar-refractivity contribution is -0.137. The molecule has 5 heteroatoms. The van der Waals surface area contributed by atoms with E-state index in [9.17, 15) is 4.79 Å². The molecule has 0 spiro atoms. The van der Waals surface area contributed by atoms with Crippen molar-refractivity contribution in [2.24, 2.45) is 7.05 Å². The van der Waals surface area contributed by atoms with Crippen LogP contribution in [0, 0.1) is 13.8 Å². The van der Waals surface area contributed by atoms with Gasteiger partial charge in [0.15, 0.2) is 0 Å². The monoisotopic (exact) mass is 279 g/mol. The average molecular weight is 279 g/mol. The predicted molar refractivity (Wildman–Crippen MR) is 77.7 cm³/mol. The summed E-state index contributed by atoms with van der Waals surface area (Å²) < 4.78 is 1.96. The van der Waals surface area contributed by atoms with E-state index in [1.54, 1.807) is 0 Å². The SMILES string of the molecule is Cc1nn(C)c(C)c1C1CCCN1CCCCC(=O)O. The van der Waals surface area contributed by atoms with Gasteiger partial charge in [-0.15, -0.1) is 0 Å². The number of carbonyl (C=O) groups is 1. The summed E-state index contributed by atoms with van der Waals surface area (Å²) in [5.74, 6) is -0.693. The summed E-state index contributed by atoms with van der Waals surface area (Å²) in [6, 6.07) is 0.466. The summed E-state index contributed by atoms with van der Waals surface area (Å²) in [7, 11) is 2.00. The molecule has 1 aromatic rings. The van der Waals surface area contributed by atoms with Crippen LogP contribution in [0.5, 0.6) is 0 Å². The molecule has 1 unspecified atom stereocenters. The molecule has 112 valence electrons. The number of hydrogen-bond acceptors (Lipinski definition) is 3.